The third kappa shape index (κ3) is 4.12. The molecule has 1 atom stereocenters. The first-order valence-electron chi connectivity index (χ1n) is 7.71. The average molecular weight is 380 g/mol. The molecule has 1 amide bonds. The van der Waals surface area contributed by atoms with Crippen LogP contribution in [-0.4, -0.2) is 61.8 Å². The maximum Gasteiger partial charge on any atom is 0.326 e. The number of furan rings is 1. The van der Waals surface area contributed by atoms with Crippen LogP contribution in [0.5, 0.6) is 0 Å². The monoisotopic (exact) mass is 380 g/mol. The van der Waals surface area contributed by atoms with Crippen LogP contribution in [0, 0.1) is 0 Å². The summed E-state index contributed by atoms with van der Waals surface area (Å²) in [5, 5.41) is 9.10. The van der Waals surface area contributed by atoms with Crippen LogP contribution < -0.4 is 0 Å². The summed E-state index contributed by atoms with van der Waals surface area (Å²) in [5.74, 6) is -2.13. The van der Waals surface area contributed by atoms with Crippen molar-refractivity contribution in [3.8, 4) is 0 Å². The summed E-state index contributed by atoms with van der Waals surface area (Å²) in [5.41, 5.74) is 0.759. The van der Waals surface area contributed by atoms with Gasteiger partial charge in [0.1, 0.15) is 6.04 Å². The Morgan fingerprint density at radius 3 is 2.23 bits per heavy atom. The van der Waals surface area contributed by atoms with Crippen LogP contribution in [0.15, 0.2) is 52.0 Å². The standard InChI is InChI=1S/C17H20N2O6S/c1-18(2)26(23,24)15-10-9-14(25-15)16(20)19(3)13(17(21)22)11-12-7-5-4-6-8-12/h4-10,13H,11H2,1-3H3,(H,21,22). The molecule has 1 aromatic carbocycles. The molecule has 140 valence electrons. The molecule has 0 bridgehead atoms. The molecule has 0 spiro atoms. The van der Waals surface area contributed by atoms with Crippen molar-refractivity contribution in [2.75, 3.05) is 21.1 Å². The Hall–Kier alpha value is -2.65. The van der Waals surface area contributed by atoms with E-state index in [1.54, 1.807) is 24.3 Å². The molecule has 1 unspecified atom stereocenters. The number of amides is 1. The molecule has 0 aliphatic heterocycles. The van der Waals surface area contributed by atoms with Gasteiger partial charge in [-0.3, -0.25) is 4.79 Å². The summed E-state index contributed by atoms with van der Waals surface area (Å²) in [7, 11) is 0.197. The minimum atomic E-state index is -3.82. The number of rotatable bonds is 7. The Morgan fingerprint density at radius 2 is 1.69 bits per heavy atom. The molecule has 1 aromatic heterocycles. The van der Waals surface area contributed by atoms with Crippen molar-refractivity contribution < 1.29 is 27.5 Å². The fourth-order valence-electron chi connectivity index (χ4n) is 2.30. The molecule has 9 heteroatoms. The highest BCUT2D eigenvalue weighted by Gasteiger charge is 2.30. The van der Waals surface area contributed by atoms with Crippen molar-refractivity contribution in [2.24, 2.45) is 0 Å². The van der Waals surface area contributed by atoms with Gasteiger partial charge >= 0.3 is 5.97 Å². The molecule has 0 saturated heterocycles. The third-order valence-electron chi connectivity index (χ3n) is 3.87. The molecular weight excluding hydrogens is 360 g/mol. The van der Waals surface area contributed by atoms with Gasteiger partial charge in [-0.05, 0) is 17.7 Å². The largest absolute Gasteiger partial charge is 0.480 e. The van der Waals surface area contributed by atoms with Gasteiger partial charge in [0.15, 0.2) is 5.76 Å². The first kappa shape index (κ1) is 19.7. The fraction of sp³-hybridized carbons (Fsp3) is 0.294. The van der Waals surface area contributed by atoms with E-state index in [9.17, 15) is 23.1 Å². The number of carboxylic acid groups (broad SMARTS) is 1. The highest BCUT2D eigenvalue weighted by Crippen LogP contribution is 2.19. The van der Waals surface area contributed by atoms with Crippen LogP contribution in [-0.2, 0) is 21.2 Å². The van der Waals surface area contributed by atoms with Gasteiger partial charge in [0.25, 0.3) is 15.9 Å². The van der Waals surface area contributed by atoms with Crippen LogP contribution in [0.2, 0.25) is 0 Å². The van der Waals surface area contributed by atoms with E-state index in [0.29, 0.717) is 0 Å². The maximum absolute atomic E-state index is 12.6. The van der Waals surface area contributed by atoms with E-state index < -0.39 is 27.9 Å². The Balaban J connectivity index is 2.24. The number of carbonyl (C=O) groups is 2. The molecule has 2 rings (SSSR count). The van der Waals surface area contributed by atoms with Gasteiger partial charge in [0.05, 0.1) is 0 Å². The van der Waals surface area contributed by atoms with E-state index >= 15 is 0 Å². The number of hydrogen-bond donors (Lipinski definition) is 1. The van der Waals surface area contributed by atoms with Gasteiger partial charge in [-0.15, -0.1) is 0 Å². The number of hydrogen-bond acceptors (Lipinski definition) is 5. The lowest BCUT2D eigenvalue weighted by atomic mass is 10.0. The predicted octanol–water partition coefficient (Wildman–Crippen LogP) is 1.30. The third-order valence-corrected chi connectivity index (χ3v) is 5.56. The number of likely N-dealkylation sites (N-methyl/N-ethyl adjacent to an activating group) is 1. The van der Waals surface area contributed by atoms with E-state index in [4.69, 9.17) is 4.42 Å². The number of sulfonamides is 1. The second-order valence-electron chi connectivity index (χ2n) is 5.87. The summed E-state index contributed by atoms with van der Waals surface area (Å²) in [6, 6.07) is 10.2. The first-order chi connectivity index (χ1) is 12.1. The summed E-state index contributed by atoms with van der Waals surface area (Å²) < 4.78 is 30.2. The number of carbonyl (C=O) groups excluding carboxylic acids is 1. The minimum Gasteiger partial charge on any atom is -0.480 e. The molecule has 1 heterocycles. The van der Waals surface area contributed by atoms with Crippen molar-refractivity contribution in [3.63, 3.8) is 0 Å². The average Bonchev–Trinajstić information content (AvgIpc) is 3.09. The zero-order valence-electron chi connectivity index (χ0n) is 14.6. The normalized spacial score (nSPS) is 12.8. The maximum atomic E-state index is 12.6. The van der Waals surface area contributed by atoms with Crippen LogP contribution >= 0.6 is 0 Å². The molecule has 0 aliphatic carbocycles. The molecule has 8 nitrogen and oxygen atoms in total. The lowest BCUT2D eigenvalue weighted by Gasteiger charge is -2.24. The predicted molar refractivity (Wildman–Crippen MR) is 93.2 cm³/mol. The molecule has 26 heavy (non-hydrogen) atoms. The van der Waals surface area contributed by atoms with E-state index in [1.807, 2.05) is 6.07 Å². The quantitative estimate of drug-likeness (QED) is 0.776. The zero-order valence-corrected chi connectivity index (χ0v) is 15.4. The van der Waals surface area contributed by atoms with Crippen molar-refractivity contribution in [1.82, 2.24) is 9.21 Å². The zero-order chi connectivity index (χ0) is 19.5. The minimum absolute atomic E-state index is 0.113. The molecule has 0 aliphatic rings. The van der Waals surface area contributed by atoms with Crippen molar-refractivity contribution in [2.45, 2.75) is 17.6 Å². The smallest absolute Gasteiger partial charge is 0.326 e. The van der Waals surface area contributed by atoms with Gasteiger partial charge in [0.2, 0.25) is 5.09 Å². The Labute approximate surface area is 151 Å². The van der Waals surface area contributed by atoms with Crippen LogP contribution in [0.25, 0.3) is 0 Å². The van der Waals surface area contributed by atoms with Crippen LogP contribution in [0.3, 0.4) is 0 Å². The van der Waals surface area contributed by atoms with Gasteiger partial charge in [-0.1, -0.05) is 30.3 Å². The highest BCUT2D eigenvalue weighted by atomic mass is 32.2. The number of benzene rings is 1. The number of nitrogens with zero attached hydrogens (tertiary/aromatic N) is 2. The van der Waals surface area contributed by atoms with E-state index in [-0.39, 0.29) is 17.3 Å². The molecule has 1 N–H and O–H groups in total. The summed E-state index contributed by atoms with van der Waals surface area (Å²) in [4.78, 5) is 25.2. The van der Waals surface area contributed by atoms with E-state index in [2.05, 4.69) is 0 Å². The van der Waals surface area contributed by atoms with E-state index in [0.717, 1.165) is 14.8 Å². The first-order valence-corrected chi connectivity index (χ1v) is 9.15. The molecule has 0 saturated carbocycles. The summed E-state index contributed by atoms with van der Waals surface area (Å²) >= 11 is 0. The summed E-state index contributed by atoms with van der Waals surface area (Å²) in [6.45, 7) is 0. The van der Waals surface area contributed by atoms with Crippen LogP contribution in [0.4, 0.5) is 0 Å². The van der Waals surface area contributed by atoms with E-state index in [1.165, 1.54) is 33.3 Å². The van der Waals surface area contributed by atoms with Crippen molar-refractivity contribution in [3.05, 3.63) is 53.8 Å². The Kier molecular flexibility index (Phi) is 5.83. The molecule has 2 aromatic rings. The second-order valence-corrected chi connectivity index (χ2v) is 7.95. The fourth-order valence-corrected chi connectivity index (χ4v) is 3.09. The van der Waals surface area contributed by atoms with Crippen molar-refractivity contribution in [1.29, 1.82) is 0 Å². The highest BCUT2D eigenvalue weighted by molar-refractivity contribution is 7.88. The topological polar surface area (TPSA) is 108 Å². The molecule has 0 fully saturated rings. The summed E-state index contributed by atoms with van der Waals surface area (Å²) in [6.07, 6.45) is 0.113. The van der Waals surface area contributed by atoms with Gasteiger partial charge in [-0.2, -0.15) is 0 Å². The molecule has 0 radical (unpaired) electrons. The Bertz CT molecular complexity index is 889. The van der Waals surface area contributed by atoms with Crippen LogP contribution in [0.1, 0.15) is 16.1 Å². The second kappa shape index (κ2) is 7.71. The number of carboxylic acids is 1. The van der Waals surface area contributed by atoms with Gasteiger partial charge in [-0.25, -0.2) is 17.5 Å². The number of aliphatic carboxylic acids is 1. The molecular formula is C17H20N2O6S. The SMILES string of the molecule is CN(C(=O)c1ccc(S(=O)(=O)N(C)C)o1)C(Cc1ccccc1)C(=O)O. The van der Waals surface area contributed by atoms with Crippen molar-refractivity contribution >= 4 is 21.9 Å². The lowest BCUT2D eigenvalue weighted by Crippen LogP contribution is -2.43. The Morgan fingerprint density at radius 1 is 1.08 bits per heavy atom. The lowest BCUT2D eigenvalue weighted by molar-refractivity contribution is -0.141. The van der Waals surface area contributed by atoms with Gasteiger partial charge in [0, 0.05) is 27.6 Å². The van der Waals surface area contributed by atoms with Gasteiger partial charge < -0.3 is 14.4 Å².